The highest BCUT2D eigenvalue weighted by atomic mass is 15.0. The van der Waals surface area contributed by atoms with Gasteiger partial charge in [-0.25, -0.2) is 15.0 Å². The molecule has 0 radical (unpaired) electrons. The van der Waals surface area contributed by atoms with Crippen molar-refractivity contribution < 1.29 is 0 Å². The van der Waals surface area contributed by atoms with Crippen LogP contribution >= 0.6 is 0 Å². The molecule has 2 aromatic heterocycles. The van der Waals surface area contributed by atoms with Crippen LogP contribution in [0.1, 0.15) is 0 Å². The largest absolute Gasteiger partial charge is 0.265 e. The summed E-state index contributed by atoms with van der Waals surface area (Å²) in [6.07, 6.45) is 3.66. The molecule has 4 nitrogen and oxygen atoms in total. The van der Waals surface area contributed by atoms with Crippen LogP contribution < -0.4 is 0 Å². The molecule has 0 fully saturated rings. The van der Waals surface area contributed by atoms with Crippen molar-refractivity contribution in [1.82, 2.24) is 19.9 Å². The van der Waals surface area contributed by atoms with E-state index in [1.807, 2.05) is 42.7 Å². The van der Waals surface area contributed by atoms with Crippen molar-refractivity contribution in [2.45, 2.75) is 0 Å². The minimum atomic E-state index is 0.610. The van der Waals surface area contributed by atoms with Crippen LogP contribution in [0.25, 0.3) is 89.8 Å². The number of pyridine rings is 1. The molecule has 0 saturated carbocycles. The van der Waals surface area contributed by atoms with Crippen LogP contribution in [-0.2, 0) is 0 Å². The molecule has 0 bridgehead atoms. The zero-order valence-electron chi connectivity index (χ0n) is 29.4. The second-order valence-electron chi connectivity index (χ2n) is 13.2. The molecule has 0 aliphatic carbocycles. The minimum Gasteiger partial charge on any atom is -0.265 e. The summed E-state index contributed by atoms with van der Waals surface area (Å²) in [5.41, 5.74) is 14.0. The van der Waals surface area contributed by atoms with Gasteiger partial charge in [-0.1, -0.05) is 158 Å². The maximum absolute atomic E-state index is 5.17. The zero-order chi connectivity index (χ0) is 36.1. The van der Waals surface area contributed by atoms with E-state index < -0.39 is 0 Å². The molecule has 0 amide bonds. The van der Waals surface area contributed by atoms with E-state index >= 15 is 0 Å². The van der Waals surface area contributed by atoms with Crippen molar-refractivity contribution in [2.24, 2.45) is 0 Å². The highest BCUT2D eigenvalue weighted by molar-refractivity contribution is 5.82. The van der Waals surface area contributed by atoms with Crippen LogP contribution in [0.15, 0.2) is 207 Å². The predicted molar refractivity (Wildman–Crippen MR) is 221 cm³/mol. The van der Waals surface area contributed by atoms with E-state index in [4.69, 9.17) is 15.0 Å². The van der Waals surface area contributed by atoms with E-state index in [-0.39, 0.29) is 0 Å². The standard InChI is InChI=1S/C50H34N4/c1-4-11-35(12-5-1)38-19-23-41(24-20-38)48-52-49(42-25-21-39(22-26-42)36-13-6-2-7-14-36)54-50(53-48)47-33-45(37-15-8-3-9-16-37)32-46(34-47)44-18-10-17-43(31-44)40-27-29-51-30-28-40/h1-34H. The highest BCUT2D eigenvalue weighted by Crippen LogP contribution is 2.35. The van der Waals surface area contributed by atoms with Crippen molar-refractivity contribution in [2.75, 3.05) is 0 Å². The summed E-state index contributed by atoms with van der Waals surface area (Å²) < 4.78 is 0. The first kappa shape index (κ1) is 32.6. The third kappa shape index (κ3) is 6.97. The lowest BCUT2D eigenvalue weighted by Gasteiger charge is -2.13. The van der Waals surface area contributed by atoms with Crippen LogP contribution in [0, 0.1) is 0 Å². The molecule has 9 rings (SSSR count). The monoisotopic (exact) mass is 690 g/mol. The van der Waals surface area contributed by atoms with E-state index in [0.29, 0.717) is 17.5 Å². The van der Waals surface area contributed by atoms with Gasteiger partial charge in [0, 0.05) is 29.1 Å². The van der Waals surface area contributed by atoms with E-state index in [1.54, 1.807) is 0 Å². The lowest BCUT2D eigenvalue weighted by molar-refractivity contribution is 1.07. The van der Waals surface area contributed by atoms with Crippen LogP contribution in [0.4, 0.5) is 0 Å². The molecule has 0 atom stereocenters. The molecule has 7 aromatic carbocycles. The number of benzene rings is 7. The molecule has 2 heterocycles. The zero-order valence-corrected chi connectivity index (χ0v) is 29.4. The Labute approximate surface area is 315 Å². The topological polar surface area (TPSA) is 51.6 Å². The SMILES string of the molecule is c1ccc(-c2ccc(-c3nc(-c4ccc(-c5ccccc5)cc4)nc(-c4cc(-c5ccccc5)cc(-c5cccc(-c6ccncc6)c5)c4)n3)cc2)cc1. The normalized spacial score (nSPS) is 11.0. The van der Waals surface area contributed by atoms with Gasteiger partial charge in [-0.2, -0.15) is 0 Å². The fraction of sp³-hybridized carbons (Fsp3) is 0. The summed E-state index contributed by atoms with van der Waals surface area (Å²) in [5.74, 6) is 1.85. The van der Waals surface area contributed by atoms with Gasteiger partial charge in [0.15, 0.2) is 17.5 Å². The van der Waals surface area contributed by atoms with Gasteiger partial charge in [-0.15, -0.1) is 0 Å². The molecule has 0 unspecified atom stereocenters. The van der Waals surface area contributed by atoms with Crippen molar-refractivity contribution in [3.05, 3.63) is 207 Å². The molecule has 0 saturated heterocycles. The quantitative estimate of drug-likeness (QED) is 0.159. The summed E-state index contributed by atoms with van der Waals surface area (Å²) in [6, 6.07) is 67.5. The number of nitrogens with zero attached hydrogens (tertiary/aromatic N) is 4. The molecule has 0 aliphatic rings. The van der Waals surface area contributed by atoms with Crippen molar-refractivity contribution in [3.63, 3.8) is 0 Å². The average Bonchev–Trinajstić information content (AvgIpc) is 3.27. The second-order valence-corrected chi connectivity index (χ2v) is 13.2. The van der Waals surface area contributed by atoms with Gasteiger partial charge >= 0.3 is 0 Å². The Kier molecular flexibility index (Phi) is 8.90. The maximum Gasteiger partial charge on any atom is 0.164 e. The molecule has 9 aromatic rings. The van der Waals surface area contributed by atoms with Gasteiger partial charge in [0.25, 0.3) is 0 Å². The second kappa shape index (κ2) is 14.7. The van der Waals surface area contributed by atoms with Gasteiger partial charge < -0.3 is 0 Å². The van der Waals surface area contributed by atoms with E-state index in [2.05, 4.69) is 169 Å². The van der Waals surface area contributed by atoms with Crippen molar-refractivity contribution >= 4 is 0 Å². The Morgan fingerprint density at radius 1 is 0.204 bits per heavy atom. The minimum absolute atomic E-state index is 0.610. The van der Waals surface area contributed by atoms with E-state index in [0.717, 1.165) is 72.3 Å². The number of aromatic nitrogens is 4. The number of rotatable bonds is 8. The number of hydrogen-bond donors (Lipinski definition) is 0. The van der Waals surface area contributed by atoms with Gasteiger partial charge in [0.1, 0.15) is 0 Å². The summed E-state index contributed by atoms with van der Waals surface area (Å²) in [5, 5.41) is 0. The first-order valence-corrected chi connectivity index (χ1v) is 18.0. The molecule has 4 heteroatoms. The predicted octanol–water partition coefficient (Wildman–Crippen LogP) is 12.6. The van der Waals surface area contributed by atoms with Crippen LogP contribution in [0.3, 0.4) is 0 Å². The first-order valence-electron chi connectivity index (χ1n) is 18.0. The lowest BCUT2D eigenvalue weighted by Crippen LogP contribution is -2.00. The summed E-state index contributed by atoms with van der Waals surface area (Å²) in [7, 11) is 0. The molecule has 0 aliphatic heterocycles. The molecular weight excluding hydrogens is 657 g/mol. The fourth-order valence-corrected chi connectivity index (χ4v) is 6.79. The Hall–Kier alpha value is -7.30. The Balaban J connectivity index is 1.19. The maximum atomic E-state index is 5.17. The average molecular weight is 691 g/mol. The van der Waals surface area contributed by atoms with Crippen LogP contribution in [-0.4, -0.2) is 19.9 Å². The smallest absolute Gasteiger partial charge is 0.164 e. The van der Waals surface area contributed by atoms with Gasteiger partial charge in [-0.3, -0.25) is 4.98 Å². The van der Waals surface area contributed by atoms with Crippen molar-refractivity contribution in [1.29, 1.82) is 0 Å². The third-order valence-corrected chi connectivity index (χ3v) is 9.64. The van der Waals surface area contributed by atoms with Crippen LogP contribution in [0.2, 0.25) is 0 Å². The Bertz CT molecular complexity index is 2560. The summed E-state index contributed by atoms with van der Waals surface area (Å²) in [6.45, 7) is 0. The third-order valence-electron chi connectivity index (χ3n) is 9.64. The highest BCUT2D eigenvalue weighted by Gasteiger charge is 2.16. The van der Waals surface area contributed by atoms with Crippen LogP contribution in [0.5, 0.6) is 0 Å². The van der Waals surface area contributed by atoms with Gasteiger partial charge in [-0.05, 0) is 92.0 Å². The molecule has 0 N–H and O–H groups in total. The van der Waals surface area contributed by atoms with E-state index in [9.17, 15) is 0 Å². The van der Waals surface area contributed by atoms with E-state index in [1.165, 1.54) is 0 Å². The lowest BCUT2D eigenvalue weighted by atomic mass is 9.94. The molecule has 0 spiro atoms. The first-order chi connectivity index (χ1) is 26.7. The van der Waals surface area contributed by atoms with Gasteiger partial charge in [0.2, 0.25) is 0 Å². The number of hydrogen-bond acceptors (Lipinski definition) is 4. The molecular formula is C50H34N4. The van der Waals surface area contributed by atoms with Crippen molar-refractivity contribution in [3.8, 4) is 89.8 Å². The summed E-state index contributed by atoms with van der Waals surface area (Å²) in [4.78, 5) is 19.6. The fourth-order valence-electron chi connectivity index (χ4n) is 6.79. The molecule has 254 valence electrons. The summed E-state index contributed by atoms with van der Waals surface area (Å²) >= 11 is 0. The molecule has 54 heavy (non-hydrogen) atoms. The van der Waals surface area contributed by atoms with Gasteiger partial charge in [0.05, 0.1) is 0 Å². The Morgan fingerprint density at radius 3 is 0.981 bits per heavy atom. The Morgan fingerprint density at radius 2 is 0.500 bits per heavy atom.